The van der Waals surface area contributed by atoms with E-state index < -0.39 is 0 Å². The molecule has 100 valence electrons. The summed E-state index contributed by atoms with van der Waals surface area (Å²) in [5.41, 5.74) is 4.50. The molecule has 2 atom stereocenters. The van der Waals surface area contributed by atoms with Gasteiger partial charge in [0.2, 0.25) is 0 Å². The van der Waals surface area contributed by atoms with Crippen LogP contribution in [0.5, 0.6) is 0 Å². The van der Waals surface area contributed by atoms with Crippen molar-refractivity contribution in [3.05, 3.63) is 34.9 Å². The highest BCUT2D eigenvalue weighted by Gasteiger charge is 2.50. The van der Waals surface area contributed by atoms with Gasteiger partial charge in [0, 0.05) is 6.61 Å². The van der Waals surface area contributed by atoms with Gasteiger partial charge in [0.05, 0.1) is 0 Å². The number of benzene rings is 1. The Labute approximate surface area is 111 Å². The zero-order chi connectivity index (χ0) is 13.5. The molecule has 0 bridgehead atoms. The molecule has 2 rings (SSSR count). The Morgan fingerprint density at radius 3 is 1.94 bits per heavy atom. The van der Waals surface area contributed by atoms with E-state index in [2.05, 4.69) is 52.8 Å². The molecule has 0 saturated heterocycles. The largest absolute Gasteiger partial charge is 0.396 e. The van der Waals surface area contributed by atoms with Gasteiger partial charge >= 0.3 is 0 Å². The summed E-state index contributed by atoms with van der Waals surface area (Å²) < 4.78 is 0. The molecule has 1 aromatic rings. The molecule has 18 heavy (non-hydrogen) atoms. The molecule has 1 saturated carbocycles. The normalized spacial score (nSPS) is 27.0. The first kappa shape index (κ1) is 13.6. The molecule has 1 aliphatic carbocycles. The number of aliphatic hydroxyl groups excluding tert-OH is 1. The molecule has 1 heteroatoms. The quantitative estimate of drug-likeness (QED) is 0.844. The third-order valence-electron chi connectivity index (χ3n) is 4.60. The summed E-state index contributed by atoms with van der Waals surface area (Å²) in [5, 5.41) is 9.36. The van der Waals surface area contributed by atoms with Crippen molar-refractivity contribution in [1.82, 2.24) is 0 Å². The van der Waals surface area contributed by atoms with Crippen molar-refractivity contribution in [2.75, 3.05) is 6.61 Å². The van der Waals surface area contributed by atoms with E-state index in [0.717, 1.165) is 6.42 Å². The Bertz CT molecular complexity index is 407. The smallest absolute Gasteiger partial charge is 0.0468 e. The summed E-state index contributed by atoms with van der Waals surface area (Å²) >= 11 is 0. The number of aliphatic hydroxyl groups is 1. The third-order valence-corrected chi connectivity index (χ3v) is 4.60. The molecule has 0 heterocycles. The van der Waals surface area contributed by atoms with E-state index in [4.69, 9.17) is 0 Å². The minimum atomic E-state index is 0.212. The first-order valence-electron chi connectivity index (χ1n) is 7.14. The van der Waals surface area contributed by atoms with Crippen LogP contribution in [-0.2, 0) is 5.41 Å². The predicted octanol–water partition coefficient (Wildman–Crippen LogP) is 4.20. The van der Waals surface area contributed by atoms with Crippen molar-refractivity contribution in [1.29, 1.82) is 0 Å². The minimum Gasteiger partial charge on any atom is -0.396 e. The second kappa shape index (κ2) is 4.70. The lowest BCUT2D eigenvalue weighted by atomic mass is 9.87. The Morgan fingerprint density at radius 2 is 1.61 bits per heavy atom. The van der Waals surface area contributed by atoms with Gasteiger partial charge in [-0.25, -0.2) is 0 Å². The molecule has 0 radical (unpaired) electrons. The van der Waals surface area contributed by atoms with Crippen LogP contribution < -0.4 is 0 Å². The number of hydrogen-bond acceptors (Lipinski definition) is 1. The van der Waals surface area contributed by atoms with Crippen LogP contribution in [0.2, 0.25) is 0 Å². The van der Waals surface area contributed by atoms with Gasteiger partial charge in [-0.15, -0.1) is 0 Å². The average Bonchev–Trinajstić information content (AvgIpc) is 3.01. The van der Waals surface area contributed by atoms with Crippen LogP contribution >= 0.6 is 0 Å². The third kappa shape index (κ3) is 2.33. The van der Waals surface area contributed by atoms with E-state index in [1.165, 1.54) is 16.7 Å². The summed E-state index contributed by atoms with van der Waals surface area (Å²) in [6.07, 6.45) is 1.13. The Morgan fingerprint density at radius 1 is 1.11 bits per heavy atom. The van der Waals surface area contributed by atoms with Crippen molar-refractivity contribution in [3.8, 4) is 0 Å². The van der Waals surface area contributed by atoms with Crippen molar-refractivity contribution in [3.63, 3.8) is 0 Å². The highest BCUT2D eigenvalue weighted by Crippen LogP contribution is 2.54. The lowest BCUT2D eigenvalue weighted by Gasteiger charge is -2.18. The van der Waals surface area contributed by atoms with Gasteiger partial charge in [0.1, 0.15) is 0 Å². The second-order valence-corrected chi connectivity index (χ2v) is 6.70. The van der Waals surface area contributed by atoms with Crippen LogP contribution in [-0.4, -0.2) is 11.7 Å². The van der Waals surface area contributed by atoms with Crippen molar-refractivity contribution in [2.45, 2.75) is 58.3 Å². The monoisotopic (exact) mass is 246 g/mol. The van der Waals surface area contributed by atoms with Gasteiger partial charge in [0.25, 0.3) is 0 Å². The second-order valence-electron chi connectivity index (χ2n) is 6.70. The molecule has 0 amide bonds. The fourth-order valence-corrected chi connectivity index (χ4v) is 2.75. The SMILES string of the molecule is CC(C)c1cc(C(C)C)cc([C@@]2(C)C[C@H]2CO)c1. The Balaban J connectivity index is 2.42. The standard InChI is InChI=1S/C17H26O/c1-11(2)13-6-14(12(3)4)8-15(7-13)17(5)9-16(17)10-18/h6-8,11-12,16,18H,9-10H2,1-5H3/t16-,17+/m0/s1. The summed E-state index contributed by atoms with van der Waals surface area (Å²) in [6, 6.07) is 7.05. The number of rotatable bonds is 4. The molecule has 0 aliphatic heterocycles. The van der Waals surface area contributed by atoms with Gasteiger partial charge in [-0.1, -0.05) is 52.8 Å². The topological polar surface area (TPSA) is 20.2 Å². The lowest BCUT2D eigenvalue weighted by molar-refractivity contribution is 0.265. The summed E-state index contributed by atoms with van der Waals surface area (Å²) in [4.78, 5) is 0. The molecule has 0 aromatic heterocycles. The van der Waals surface area contributed by atoms with E-state index in [1.54, 1.807) is 0 Å². The van der Waals surface area contributed by atoms with Gasteiger partial charge < -0.3 is 5.11 Å². The first-order chi connectivity index (χ1) is 8.38. The van der Waals surface area contributed by atoms with Crippen molar-refractivity contribution in [2.24, 2.45) is 5.92 Å². The molecular formula is C17H26O. The Kier molecular flexibility index (Phi) is 3.55. The summed E-state index contributed by atoms with van der Waals surface area (Å²) in [6.45, 7) is 11.6. The van der Waals surface area contributed by atoms with E-state index in [-0.39, 0.29) is 5.41 Å². The zero-order valence-corrected chi connectivity index (χ0v) is 12.3. The van der Waals surface area contributed by atoms with Crippen molar-refractivity contribution < 1.29 is 5.11 Å². The fraction of sp³-hybridized carbons (Fsp3) is 0.647. The summed E-state index contributed by atoms with van der Waals surface area (Å²) in [7, 11) is 0. The van der Waals surface area contributed by atoms with E-state index in [9.17, 15) is 5.11 Å². The molecule has 0 unspecified atom stereocenters. The van der Waals surface area contributed by atoms with Gasteiger partial charge in [0.15, 0.2) is 0 Å². The van der Waals surface area contributed by atoms with Gasteiger partial charge in [-0.2, -0.15) is 0 Å². The molecule has 1 fully saturated rings. The van der Waals surface area contributed by atoms with Crippen LogP contribution in [0.15, 0.2) is 18.2 Å². The molecular weight excluding hydrogens is 220 g/mol. The maximum Gasteiger partial charge on any atom is 0.0468 e. The highest BCUT2D eigenvalue weighted by atomic mass is 16.3. The Hall–Kier alpha value is -0.820. The van der Waals surface area contributed by atoms with Crippen LogP contribution in [0, 0.1) is 5.92 Å². The zero-order valence-electron chi connectivity index (χ0n) is 12.3. The number of hydrogen-bond donors (Lipinski definition) is 1. The predicted molar refractivity (Wildman–Crippen MR) is 77.2 cm³/mol. The molecule has 1 nitrogen and oxygen atoms in total. The molecule has 1 N–H and O–H groups in total. The lowest BCUT2D eigenvalue weighted by Crippen LogP contribution is -2.09. The maximum atomic E-state index is 9.36. The fourth-order valence-electron chi connectivity index (χ4n) is 2.75. The molecule has 1 aliphatic rings. The van der Waals surface area contributed by atoms with Crippen LogP contribution in [0.3, 0.4) is 0 Å². The van der Waals surface area contributed by atoms with Gasteiger partial charge in [-0.3, -0.25) is 0 Å². The van der Waals surface area contributed by atoms with E-state index in [1.807, 2.05) is 0 Å². The maximum absolute atomic E-state index is 9.36. The van der Waals surface area contributed by atoms with Crippen LogP contribution in [0.1, 0.15) is 69.6 Å². The minimum absolute atomic E-state index is 0.212. The van der Waals surface area contributed by atoms with Crippen molar-refractivity contribution >= 4 is 0 Å². The summed E-state index contributed by atoms with van der Waals surface area (Å²) in [5.74, 6) is 1.59. The van der Waals surface area contributed by atoms with Gasteiger partial charge in [-0.05, 0) is 46.3 Å². The van der Waals surface area contributed by atoms with Crippen LogP contribution in [0.4, 0.5) is 0 Å². The van der Waals surface area contributed by atoms with E-state index >= 15 is 0 Å². The average molecular weight is 246 g/mol. The highest BCUT2D eigenvalue weighted by molar-refractivity contribution is 5.41. The van der Waals surface area contributed by atoms with Crippen LogP contribution in [0.25, 0.3) is 0 Å². The molecule has 0 spiro atoms. The first-order valence-corrected chi connectivity index (χ1v) is 7.14. The molecule has 1 aromatic carbocycles. The van der Waals surface area contributed by atoms with E-state index in [0.29, 0.717) is 24.4 Å².